The molecule has 1 aromatic heterocycles. The fourth-order valence-corrected chi connectivity index (χ4v) is 3.60. The normalized spacial score (nSPS) is 10.7. The number of Topliss-reactive ketones (excluding diaryl/α,β-unsaturated/α-hetero) is 1. The molecule has 2 N–H and O–H groups in total. The van der Waals surface area contributed by atoms with E-state index in [-0.39, 0.29) is 17.5 Å². The molecule has 0 unspecified atom stereocenters. The molecule has 0 saturated heterocycles. The number of carbonyl (C=O) groups excluding carboxylic acids is 2. The fraction of sp³-hybridized carbons (Fsp3) is 0.368. The van der Waals surface area contributed by atoms with E-state index >= 15 is 0 Å². The van der Waals surface area contributed by atoms with E-state index in [4.69, 9.17) is 0 Å². The maximum absolute atomic E-state index is 12.8. The summed E-state index contributed by atoms with van der Waals surface area (Å²) in [6, 6.07) is 6.50. The van der Waals surface area contributed by atoms with Crippen LogP contribution in [0.1, 0.15) is 51.0 Å². The number of aromatic amines is 1. The smallest absolute Gasteiger partial charge is 0.253 e. The first kappa shape index (κ1) is 19.2. The average Bonchev–Trinajstić information content (AvgIpc) is 2.87. The van der Waals surface area contributed by atoms with Crippen LogP contribution in [0.15, 0.2) is 24.3 Å². The van der Waals surface area contributed by atoms with E-state index in [1.54, 1.807) is 37.7 Å². The Morgan fingerprint density at radius 2 is 1.88 bits per heavy atom. The molecular formula is C19H23FN2O2S. The van der Waals surface area contributed by atoms with Gasteiger partial charge in [0.2, 0.25) is 0 Å². The first-order chi connectivity index (χ1) is 11.9. The minimum atomic E-state index is -0.222. The van der Waals surface area contributed by atoms with Gasteiger partial charge < -0.3 is 10.3 Å². The highest BCUT2D eigenvalue weighted by Crippen LogP contribution is 2.18. The molecular weight excluding hydrogens is 339 g/mol. The maximum atomic E-state index is 12.8. The Hall–Kier alpha value is -2.08. The van der Waals surface area contributed by atoms with Crippen molar-refractivity contribution in [1.82, 2.24) is 10.3 Å². The maximum Gasteiger partial charge on any atom is 0.253 e. The van der Waals surface area contributed by atoms with Gasteiger partial charge in [-0.15, -0.1) is 0 Å². The Labute approximate surface area is 151 Å². The second kappa shape index (κ2) is 8.85. The number of thioether (sulfide) groups is 1. The Morgan fingerprint density at radius 3 is 2.48 bits per heavy atom. The highest BCUT2D eigenvalue weighted by atomic mass is 32.2. The molecule has 0 radical (unpaired) electrons. The molecule has 6 heteroatoms. The van der Waals surface area contributed by atoms with E-state index in [0.717, 1.165) is 23.5 Å². The number of benzene rings is 1. The molecule has 1 aromatic carbocycles. The molecule has 4 nitrogen and oxygen atoms in total. The topological polar surface area (TPSA) is 62.0 Å². The number of nitrogens with one attached hydrogen (secondary N) is 2. The molecule has 0 spiro atoms. The van der Waals surface area contributed by atoms with Crippen molar-refractivity contribution >= 4 is 23.5 Å². The first-order valence-corrected chi connectivity index (χ1v) is 9.36. The predicted molar refractivity (Wildman–Crippen MR) is 99.8 cm³/mol. The van der Waals surface area contributed by atoms with Gasteiger partial charge in [-0.25, -0.2) is 4.39 Å². The van der Waals surface area contributed by atoms with Gasteiger partial charge in [0.1, 0.15) is 5.82 Å². The Kier molecular flexibility index (Phi) is 6.82. The summed E-state index contributed by atoms with van der Waals surface area (Å²) in [5.74, 6) is 1.28. The molecule has 0 aliphatic rings. The molecule has 0 aliphatic carbocycles. The fourth-order valence-electron chi connectivity index (χ4n) is 2.68. The third-order valence-electron chi connectivity index (χ3n) is 3.95. The number of hydrogen-bond donors (Lipinski definition) is 2. The van der Waals surface area contributed by atoms with Crippen molar-refractivity contribution in [3.05, 3.63) is 58.2 Å². The molecule has 1 amide bonds. The van der Waals surface area contributed by atoms with E-state index in [1.807, 2.05) is 0 Å². The van der Waals surface area contributed by atoms with Gasteiger partial charge in [0.05, 0.1) is 11.3 Å². The number of amides is 1. The van der Waals surface area contributed by atoms with E-state index in [2.05, 4.69) is 10.3 Å². The molecule has 0 bridgehead atoms. The minimum absolute atomic E-state index is 0.0724. The van der Waals surface area contributed by atoms with Crippen molar-refractivity contribution in [3.63, 3.8) is 0 Å². The van der Waals surface area contributed by atoms with Crippen molar-refractivity contribution in [2.75, 3.05) is 12.3 Å². The van der Waals surface area contributed by atoms with Crippen LogP contribution in [-0.2, 0) is 5.75 Å². The van der Waals surface area contributed by atoms with Gasteiger partial charge in [0.15, 0.2) is 5.78 Å². The third-order valence-corrected chi connectivity index (χ3v) is 5.06. The lowest BCUT2D eigenvalue weighted by Crippen LogP contribution is -2.25. The molecule has 0 aliphatic heterocycles. The highest BCUT2D eigenvalue weighted by molar-refractivity contribution is 7.98. The SMILES string of the molecule is CC(=O)c1[nH]c(C)c(C(=O)NCCCSCc2ccc(F)cc2)c1C. The second-order valence-corrected chi connectivity index (χ2v) is 7.07. The van der Waals surface area contributed by atoms with Gasteiger partial charge in [0.25, 0.3) is 5.91 Å². The van der Waals surface area contributed by atoms with E-state index in [1.165, 1.54) is 19.1 Å². The van der Waals surface area contributed by atoms with Crippen molar-refractivity contribution in [2.24, 2.45) is 0 Å². The van der Waals surface area contributed by atoms with Gasteiger partial charge in [-0.2, -0.15) is 11.8 Å². The van der Waals surface area contributed by atoms with Crippen LogP contribution >= 0.6 is 11.8 Å². The summed E-state index contributed by atoms with van der Waals surface area (Å²) in [5, 5.41) is 2.91. The monoisotopic (exact) mass is 362 g/mol. The van der Waals surface area contributed by atoms with Crippen LogP contribution in [0.2, 0.25) is 0 Å². The number of ketones is 1. The molecule has 1 heterocycles. The average molecular weight is 362 g/mol. The van der Waals surface area contributed by atoms with Crippen molar-refractivity contribution < 1.29 is 14.0 Å². The van der Waals surface area contributed by atoms with Crippen LogP contribution < -0.4 is 5.32 Å². The van der Waals surface area contributed by atoms with Crippen molar-refractivity contribution in [2.45, 2.75) is 32.9 Å². The Morgan fingerprint density at radius 1 is 1.20 bits per heavy atom. The van der Waals surface area contributed by atoms with Crippen molar-refractivity contribution in [3.8, 4) is 0 Å². The van der Waals surface area contributed by atoms with E-state index < -0.39 is 0 Å². The summed E-state index contributed by atoms with van der Waals surface area (Å²) in [7, 11) is 0. The number of rotatable bonds is 8. The number of H-pyrrole nitrogens is 1. The largest absolute Gasteiger partial charge is 0.355 e. The third kappa shape index (κ3) is 5.19. The van der Waals surface area contributed by atoms with E-state index in [0.29, 0.717) is 29.1 Å². The molecule has 0 fully saturated rings. The molecule has 25 heavy (non-hydrogen) atoms. The second-order valence-electron chi connectivity index (χ2n) is 5.97. The van der Waals surface area contributed by atoms with Crippen LogP contribution in [-0.4, -0.2) is 29.0 Å². The number of aromatic nitrogens is 1. The van der Waals surface area contributed by atoms with Gasteiger partial charge in [0, 0.05) is 24.9 Å². The number of hydrogen-bond acceptors (Lipinski definition) is 3. The van der Waals surface area contributed by atoms with Crippen LogP contribution in [0.4, 0.5) is 4.39 Å². The summed E-state index contributed by atoms with van der Waals surface area (Å²) in [6.45, 7) is 5.65. The molecule has 0 saturated carbocycles. The van der Waals surface area contributed by atoms with Crippen LogP contribution in [0.5, 0.6) is 0 Å². The summed E-state index contributed by atoms with van der Waals surface area (Å²) in [6.07, 6.45) is 0.847. The van der Waals surface area contributed by atoms with Gasteiger partial charge in [-0.3, -0.25) is 9.59 Å². The van der Waals surface area contributed by atoms with Crippen LogP contribution in [0.3, 0.4) is 0 Å². The first-order valence-electron chi connectivity index (χ1n) is 8.20. The van der Waals surface area contributed by atoms with E-state index in [9.17, 15) is 14.0 Å². The zero-order valence-corrected chi connectivity index (χ0v) is 15.6. The summed E-state index contributed by atoms with van der Waals surface area (Å²) in [5.41, 5.74) is 3.56. The van der Waals surface area contributed by atoms with Gasteiger partial charge in [-0.1, -0.05) is 12.1 Å². The summed E-state index contributed by atoms with van der Waals surface area (Å²) >= 11 is 1.75. The van der Waals surface area contributed by atoms with Crippen molar-refractivity contribution in [1.29, 1.82) is 0 Å². The van der Waals surface area contributed by atoms with Gasteiger partial charge in [-0.05, 0) is 49.3 Å². The van der Waals surface area contributed by atoms with Crippen LogP contribution in [0, 0.1) is 19.7 Å². The number of carbonyl (C=O) groups is 2. The Balaban J connectivity index is 1.74. The predicted octanol–water partition coefficient (Wildman–Crippen LogP) is 4.03. The molecule has 2 aromatic rings. The van der Waals surface area contributed by atoms with Gasteiger partial charge >= 0.3 is 0 Å². The standard InChI is InChI=1S/C19H23FN2O2S/c1-12-17(13(2)22-18(12)14(3)23)19(24)21-9-4-10-25-11-15-5-7-16(20)8-6-15/h5-8,22H,4,9-11H2,1-3H3,(H,21,24). The molecule has 2 rings (SSSR count). The summed E-state index contributed by atoms with van der Waals surface area (Å²) < 4.78 is 12.8. The molecule has 134 valence electrons. The lowest BCUT2D eigenvalue weighted by Gasteiger charge is -2.06. The lowest BCUT2D eigenvalue weighted by molar-refractivity contribution is 0.0952. The number of aryl methyl sites for hydroxylation is 1. The quantitative estimate of drug-likeness (QED) is 0.551. The highest BCUT2D eigenvalue weighted by Gasteiger charge is 2.19. The minimum Gasteiger partial charge on any atom is -0.355 e. The zero-order chi connectivity index (χ0) is 18.4. The Bertz CT molecular complexity index is 754. The zero-order valence-electron chi connectivity index (χ0n) is 14.7. The number of halogens is 1. The molecule has 0 atom stereocenters. The van der Waals surface area contributed by atoms with Crippen LogP contribution in [0.25, 0.3) is 0 Å². The lowest BCUT2D eigenvalue weighted by atomic mass is 10.1. The summed E-state index contributed by atoms with van der Waals surface area (Å²) in [4.78, 5) is 26.8.